The summed E-state index contributed by atoms with van der Waals surface area (Å²) in [4.78, 5) is 47.5. The molecule has 2 fully saturated rings. The summed E-state index contributed by atoms with van der Waals surface area (Å²) in [6, 6.07) is 9.51. The van der Waals surface area contributed by atoms with Gasteiger partial charge in [-0.15, -0.1) is 0 Å². The summed E-state index contributed by atoms with van der Waals surface area (Å²) in [7, 11) is 0. The topological polar surface area (TPSA) is 137 Å². The molecular formula is C28H41N7O4. The first-order chi connectivity index (χ1) is 18.7. The minimum atomic E-state index is -0.951. The molecule has 0 radical (unpaired) electrons. The molecule has 1 saturated carbocycles. The van der Waals surface area contributed by atoms with Crippen LogP contribution >= 0.6 is 0 Å². The molecule has 1 aromatic heterocycles. The average molecular weight is 540 g/mol. The molecule has 1 saturated heterocycles. The molecule has 0 unspecified atom stereocenters. The highest BCUT2D eigenvalue weighted by Gasteiger charge is 2.31. The molecule has 1 aromatic carbocycles. The van der Waals surface area contributed by atoms with Gasteiger partial charge < -0.3 is 20.6 Å². The number of nitrogens with two attached hydrogens (primary N) is 1. The second kappa shape index (κ2) is 12.7. The number of nitrogens with zero attached hydrogens (tertiary/aromatic N) is 5. The molecule has 0 spiro atoms. The maximum absolute atomic E-state index is 12.8. The number of hydrogen-bond donors (Lipinski definition) is 3. The van der Waals surface area contributed by atoms with E-state index in [1.807, 2.05) is 24.3 Å². The van der Waals surface area contributed by atoms with Crippen LogP contribution in [0.1, 0.15) is 51.5 Å². The monoisotopic (exact) mass is 539 g/mol. The number of aliphatic hydroxyl groups is 1. The lowest BCUT2D eigenvalue weighted by Crippen LogP contribution is -2.58. The van der Waals surface area contributed by atoms with Crippen LogP contribution in [-0.2, 0) is 11.3 Å². The summed E-state index contributed by atoms with van der Waals surface area (Å²) in [6.45, 7) is 6.43. The highest BCUT2D eigenvalue weighted by Crippen LogP contribution is 2.24. The Morgan fingerprint density at radius 3 is 2.28 bits per heavy atom. The van der Waals surface area contributed by atoms with Crippen LogP contribution < -0.4 is 16.7 Å². The summed E-state index contributed by atoms with van der Waals surface area (Å²) in [5.41, 5.74) is 6.27. The molecule has 1 aliphatic carbocycles. The molecule has 0 bridgehead atoms. The van der Waals surface area contributed by atoms with Gasteiger partial charge in [-0.1, -0.05) is 31.4 Å². The number of aromatic nitrogens is 2. The van der Waals surface area contributed by atoms with Crippen molar-refractivity contribution in [3.8, 4) is 5.69 Å². The van der Waals surface area contributed by atoms with Crippen LogP contribution in [0.2, 0.25) is 0 Å². The van der Waals surface area contributed by atoms with Gasteiger partial charge in [0.15, 0.2) is 0 Å². The van der Waals surface area contributed by atoms with Crippen LogP contribution in [0.3, 0.4) is 0 Å². The lowest BCUT2D eigenvalue weighted by molar-refractivity contribution is -0.137. The maximum Gasteiger partial charge on any atom is 0.354 e. The van der Waals surface area contributed by atoms with Gasteiger partial charge in [0, 0.05) is 51.5 Å². The summed E-state index contributed by atoms with van der Waals surface area (Å²) in [5.74, 6) is 0.0270. The summed E-state index contributed by atoms with van der Waals surface area (Å²) >= 11 is 0. The van der Waals surface area contributed by atoms with E-state index in [2.05, 4.69) is 15.2 Å². The number of aliphatic hydroxyl groups excluding tert-OH is 1. The lowest BCUT2D eigenvalue weighted by Gasteiger charge is -2.37. The molecular weight excluding hydrogens is 498 g/mol. The molecule has 11 heteroatoms. The van der Waals surface area contributed by atoms with E-state index in [4.69, 9.17) is 5.73 Å². The van der Waals surface area contributed by atoms with E-state index in [0.29, 0.717) is 44.5 Å². The van der Waals surface area contributed by atoms with Crippen molar-refractivity contribution in [3.63, 3.8) is 0 Å². The second-order valence-electron chi connectivity index (χ2n) is 11.0. The third-order valence-corrected chi connectivity index (χ3v) is 7.52. The van der Waals surface area contributed by atoms with E-state index in [-0.39, 0.29) is 24.4 Å². The Morgan fingerprint density at radius 2 is 1.69 bits per heavy atom. The highest BCUT2D eigenvalue weighted by atomic mass is 16.3. The Labute approximate surface area is 229 Å². The molecule has 1 aliphatic heterocycles. The first kappa shape index (κ1) is 28.7. The fraction of sp³-hybridized carbons (Fsp3) is 0.571. The van der Waals surface area contributed by atoms with E-state index in [1.54, 1.807) is 35.9 Å². The SMILES string of the molecule is CC(C)(N)C(=O)N1CCN(C(=O)Nc2ccn(-c3ccc(CN(CCO)C4CCCCC4)cc3)c(=O)n2)CC1. The second-order valence-corrected chi connectivity index (χ2v) is 11.0. The number of urea groups is 1. The van der Waals surface area contributed by atoms with E-state index in [1.165, 1.54) is 36.7 Å². The molecule has 3 amide bonds. The van der Waals surface area contributed by atoms with Gasteiger partial charge in [0.1, 0.15) is 5.82 Å². The predicted molar refractivity (Wildman–Crippen MR) is 150 cm³/mol. The van der Waals surface area contributed by atoms with Crippen LogP contribution in [0.15, 0.2) is 41.3 Å². The summed E-state index contributed by atoms with van der Waals surface area (Å²) < 4.78 is 1.44. The molecule has 2 heterocycles. The van der Waals surface area contributed by atoms with Crippen molar-refractivity contribution in [1.29, 1.82) is 0 Å². The van der Waals surface area contributed by atoms with Gasteiger partial charge in [-0.05, 0) is 50.5 Å². The van der Waals surface area contributed by atoms with Crippen molar-refractivity contribution in [2.75, 3.05) is 44.6 Å². The first-order valence-electron chi connectivity index (χ1n) is 13.8. The number of piperazine rings is 1. The first-order valence-corrected chi connectivity index (χ1v) is 13.8. The van der Waals surface area contributed by atoms with E-state index >= 15 is 0 Å². The van der Waals surface area contributed by atoms with E-state index in [0.717, 1.165) is 12.1 Å². The Morgan fingerprint density at radius 1 is 1.05 bits per heavy atom. The Kier molecular flexibility index (Phi) is 9.36. The zero-order valence-corrected chi connectivity index (χ0v) is 23.0. The lowest BCUT2D eigenvalue weighted by atomic mass is 9.94. The number of benzene rings is 1. The fourth-order valence-electron chi connectivity index (χ4n) is 5.34. The van der Waals surface area contributed by atoms with Crippen LogP contribution in [-0.4, -0.2) is 92.2 Å². The van der Waals surface area contributed by atoms with Crippen LogP contribution in [0, 0.1) is 0 Å². The molecule has 4 N–H and O–H groups in total. The number of anilines is 1. The largest absolute Gasteiger partial charge is 0.395 e. The number of rotatable bonds is 8. The van der Waals surface area contributed by atoms with Gasteiger partial charge >= 0.3 is 11.7 Å². The molecule has 4 rings (SSSR count). The van der Waals surface area contributed by atoms with Gasteiger partial charge in [-0.25, -0.2) is 9.59 Å². The highest BCUT2D eigenvalue weighted by molar-refractivity contribution is 5.89. The molecule has 2 aliphatic rings. The Hall–Kier alpha value is -3.28. The van der Waals surface area contributed by atoms with Crippen LogP contribution in [0.5, 0.6) is 0 Å². The van der Waals surface area contributed by atoms with E-state index in [9.17, 15) is 19.5 Å². The smallest absolute Gasteiger partial charge is 0.354 e. The minimum Gasteiger partial charge on any atom is -0.395 e. The van der Waals surface area contributed by atoms with Crippen molar-refractivity contribution in [2.24, 2.45) is 5.73 Å². The summed E-state index contributed by atoms with van der Waals surface area (Å²) in [6.07, 6.45) is 7.71. The normalized spacial score (nSPS) is 16.9. The quantitative estimate of drug-likeness (QED) is 0.465. The van der Waals surface area contributed by atoms with Crippen molar-refractivity contribution < 1.29 is 14.7 Å². The Balaban J connectivity index is 1.34. The van der Waals surface area contributed by atoms with Gasteiger partial charge in [0.2, 0.25) is 5.91 Å². The van der Waals surface area contributed by atoms with Crippen LogP contribution in [0.25, 0.3) is 5.69 Å². The van der Waals surface area contributed by atoms with Gasteiger partial charge in [0.25, 0.3) is 0 Å². The molecule has 0 atom stereocenters. The minimum absolute atomic E-state index is 0.140. The molecule has 212 valence electrons. The van der Waals surface area contributed by atoms with Crippen LogP contribution in [0.4, 0.5) is 10.6 Å². The fourth-order valence-corrected chi connectivity index (χ4v) is 5.34. The summed E-state index contributed by atoms with van der Waals surface area (Å²) in [5, 5.41) is 12.2. The number of hydrogen-bond acceptors (Lipinski definition) is 7. The van der Waals surface area contributed by atoms with E-state index < -0.39 is 11.2 Å². The van der Waals surface area contributed by atoms with Crippen molar-refractivity contribution in [1.82, 2.24) is 24.3 Å². The number of carbonyl (C=O) groups is 2. The average Bonchev–Trinajstić information content (AvgIpc) is 2.93. The number of amides is 3. The zero-order chi connectivity index (χ0) is 28.0. The zero-order valence-electron chi connectivity index (χ0n) is 23.0. The molecule has 2 aromatic rings. The van der Waals surface area contributed by atoms with Gasteiger partial charge in [0.05, 0.1) is 17.8 Å². The third kappa shape index (κ3) is 7.43. The Bertz CT molecular complexity index is 1180. The van der Waals surface area contributed by atoms with Crippen molar-refractivity contribution in [2.45, 2.75) is 64.1 Å². The van der Waals surface area contributed by atoms with Crippen molar-refractivity contribution >= 4 is 17.8 Å². The standard InChI is InChI=1S/C28H41N7O4/c1-28(2,29)25(37)32-14-16-33(17-15-32)26(38)30-24-12-13-35(27(39)31-24)23-10-8-21(9-11-23)20-34(18-19-36)22-6-4-3-5-7-22/h8-13,22,36H,3-7,14-20,29H2,1-2H3,(H,30,31,38,39). The third-order valence-electron chi connectivity index (χ3n) is 7.52. The number of nitrogens with one attached hydrogen (secondary N) is 1. The molecule has 11 nitrogen and oxygen atoms in total. The predicted octanol–water partition coefficient (Wildman–Crippen LogP) is 1.77. The van der Waals surface area contributed by atoms with Crippen molar-refractivity contribution in [3.05, 3.63) is 52.6 Å². The van der Waals surface area contributed by atoms with Gasteiger partial charge in [-0.2, -0.15) is 4.98 Å². The molecule has 39 heavy (non-hydrogen) atoms. The number of carbonyl (C=O) groups excluding carboxylic acids is 2. The van der Waals surface area contributed by atoms with Gasteiger partial charge in [-0.3, -0.25) is 19.6 Å². The maximum atomic E-state index is 12.8.